The number of Topliss-reactive ketones (excluding diaryl/α,β-unsaturated/α-hetero) is 1. The molecule has 0 saturated heterocycles. The van der Waals surface area contributed by atoms with Crippen LogP contribution in [-0.2, 0) is 0 Å². The van der Waals surface area contributed by atoms with Crippen LogP contribution in [0.5, 0.6) is 0 Å². The van der Waals surface area contributed by atoms with Crippen molar-refractivity contribution in [2.75, 3.05) is 0 Å². The van der Waals surface area contributed by atoms with Gasteiger partial charge in [-0.15, -0.1) is 0 Å². The van der Waals surface area contributed by atoms with Gasteiger partial charge in [0.2, 0.25) is 0 Å². The molecule has 0 bridgehead atoms. The molecule has 2 aromatic heterocycles. The molecule has 0 radical (unpaired) electrons. The maximum Gasteiger partial charge on any atom is 0.164 e. The van der Waals surface area contributed by atoms with Crippen molar-refractivity contribution in [3.8, 4) is 17.3 Å². The Labute approximate surface area is 120 Å². The Morgan fingerprint density at radius 2 is 1.95 bits per heavy atom. The molecule has 1 aromatic carbocycles. The molecule has 5 heteroatoms. The van der Waals surface area contributed by atoms with Crippen molar-refractivity contribution < 1.29 is 9.18 Å². The fraction of sp³-hybridized carbons (Fsp3) is 0.0625. The van der Waals surface area contributed by atoms with Gasteiger partial charge in [0.1, 0.15) is 17.6 Å². The molecule has 3 rings (SSSR count). The van der Waals surface area contributed by atoms with E-state index in [0.29, 0.717) is 27.9 Å². The number of carbonyl (C=O) groups excluding carboxylic acids is 1. The minimum Gasteiger partial charge on any atom is -0.294 e. The molecule has 4 nitrogen and oxygen atoms in total. The number of hydrogen-bond donors (Lipinski definition) is 0. The van der Waals surface area contributed by atoms with Crippen molar-refractivity contribution in [1.29, 1.82) is 5.26 Å². The van der Waals surface area contributed by atoms with Crippen molar-refractivity contribution in [2.24, 2.45) is 0 Å². The van der Waals surface area contributed by atoms with Crippen LogP contribution >= 0.6 is 0 Å². The first kappa shape index (κ1) is 13.0. The lowest BCUT2D eigenvalue weighted by Crippen LogP contribution is -1.94. The highest BCUT2D eigenvalue weighted by Gasteiger charge is 2.18. The van der Waals surface area contributed by atoms with Crippen LogP contribution in [-0.4, -0.2) is 15.4 Å². The van der Waals surface area contributed by atoms with E-state index in [1.165, 1.54) is 23.6 Å². The molecule has 0 aliphatic carbocycles. The Bertz CT molecular complexity index is 888. The summed E-state index contributed by atoms with van der Waals surface area (Å²) in [4.78, 5) is 11.9. The van der Waals surface area contributed by atoms with Gasteiger partial charge in [0, 0.05) is 11.8 Å². The van der Waals surface area contributed by atoms with Crippen molar-refractivity contribution in [3.63, 3.8) is 0 Å². The summed E-state index contributed by atoms with van der Waals surface area (Å²) in [6.07, 6.45) is 1.56. The van der Waals surface area contributed by atoms with Gasteiger partial charge in [0.05, 0.1) is 16.6 Å². The molecule has 3 aromatic rings. The fourth-order valence-corrected chi connectivity index (χ4v) is 2.27. The van der Waals surface area contributed by atoms with Crippen molar-refractivity contribution in [2.45, 2.75) is 6.92 Å². The van der Waals surface area contributed by atoms with Crippen molar-refractivity contribution >= 4 is 11.3 Å². The van der Waals surface area contributed by atoms with Gasteiger partial charge in [-0.1, -0.05) is 0 Å². The Morgan fingerprint density at radius 3 is 2.57 bits per heavy atom. The maximum absolute atomic E-state index is 13.0. The Hall–Kier alpha value is -3.00. The molecule has 0 N–H and O–H groups in total. The monoisotopic (exact) mass is 279 g/mol. The number of ketones is 1. The molecule has 0 aliphatic heterocycles. The number of carbonyl (C=O) groups is 1. The number of nitriles is 1. The highest BCUT2D eigenvalue weighted by molar-refractivity contribution is 6.06. The minimum atomic E-state index is -0.348. The quantitative estimate of drug-likeness (QED) is 0.677. The summed E-state index contributed by atoms with van der Waals surface area (Å²) in [6.45, 7) is 1.46. The minimum absolute atomic E-state index is 0.131. The number of aromatic nitrogens is 2. The summed E-state index contributed by atoms with van der Waals surface area (Å²) in [5, 5.41) is 13.3. The second-order valence-corrected chi connectivity index (χ2v) is 4.65. The van der Waals surface area contributed by atoms with E-state index in [1.54, 1.807) is 30.5 Å². The van der Waals surface area contributed by atoms with E-state index in [0.717, 1.165) is 0 Å². The average Bonchev–Trinajstić information content (AvgIpc) is 2.86. The zero-order chi connectivity index (χ0) is 15.0. The maximum atomic E-state index is 13.0. The van der Waals surface area contributed by atoms with Gasteiger partial charge in [0.15, 0.2) is 5.78 Å². The largest absolute Gasteiger partial charge is 0.294 e. The molecular formula is C16H10FN3O. The summed E-state index contributed by atoms with van der Waals surface area (Å²) in [5.74, 6) is -0.479. The average molecular weight is 279 g/mol. The van der Waals surface area contributed by atoms with E-state index in [1.807, 2.05) is 6.07 Å². The normalized spacial score (nSPS) is 10.5. The van der Waals surface area contributed by atoms with Gasteiger partial charge >= 0.3 is 0 Å². The summed E-state index contributed by atoms with van der Waals surface area (Å²) in [6, 6.07) is 11.2. The third kappa shape index (κ3) is 2.17. The highest BCUT2D eigenvalue weighted by atomic mass is 19.1. The molecule has 0 spiro atoms. The molecule has 0 aliphatic rings. The standard InChI is InChI=1S/C16H10FN3O/c1-10(21)15-14-7-2-11(8-18)9-20(14)19-16(15)12-3-5-13(17)6-4-12/h2-7,9H,1H3. The highest BCUT2D eigenvalue weighted by Crippen LogP contribution is 2.27. The number of nitrogens with zero attached hydrogens (tertiary/aromatic N) is 3. The number of benzene rings is 1. The Kier molecular flexibility index (Phi) is 2.99. The van der Waals surface area contributed by atoms with Gasteiger partial charge < -0.3 is 0 Å². The lowest BCUT2D eigenvalue weighted by Gasteiger charge is -1.99. The number of rotatable bonds is 2. The first-order valence-corrected chi connectivity index (χ1v) is 6.29. The molecule has 0 amide bonds. The van der Waals surface area contributed by atoms with Gasteiger partial charge in [0.25, 0.3) is 0 Å². The van der Waals surface area contributed by atoms with E-state index in [-0.39, 0.29) is 11.6 Å². The molecule has 21 heavy (non-hydrogen) atoms. The van der Waals surface area contributed by atoms with Crippen LogP contribution in [0, 0.1) is 17.1 Å². The van der Waals surface area contributed by atoms with Gasteiger partial charge in [-0.3, -0.25) is 4.79 Å². The second-order valence-electron chi connectivity index (χ2n) is 4.65. The van der Waals surface area contributed by atoms with Gasteiger partial charge in [-0.25, -0.2) is 8.91 Å². The van der Waals surface area contributed by atoms with Crippen molar-refractivity contribution in [1.82, 2.24) is 9.61 Å². The summed E-state index contributed by atoms with van der Waals surface area (Å²) in [7, 11) is 0. The number of halogens is 1. The lowest BCUT2D eigenvalue weighted by molar-refractivity contribution is 0.102. The number of pyridine rings is 1. The van der Waals surface area contributed by atoms with Gasteiger partial charge in [-0.2, -0.15) is 10.4 Å². The zero-order valence-corrected chi connectivity index (χ0v) is 11.2. The number of hydrogen-bond acceptors (Lipinski definition) is 3. The van der Waals surface area contributed by atoms with Crippen LogP contribution < -0.4 is 0 Å². The van der Waals surface area contributed by atoms with E-state index < -0.39 is 0 Å². The van der Waals surface area contributed by atoms with Crippen LogP contribution in [0.2, 0.25) is 0 Å². The Morgan fingerprint density at radius 1 is 1.24 bits per heavy atom. The molecule has 0 fully saturated rings. The SMILES string of the molecule is CC(=O)c1c(-c2ccc(F)cc2)nn2cc(C#N)ccc12. The smallest absolute Gasteiger partial charge is 0.164 e. The topological polar surface area (TPSA) is 58.2 Å². The molecule has 102 valence electrons. The van der Waals surface area contributed by atoms with E-state index >= 15 is 0 Å². The second kappa shape index (κ2) is 4.84. The number of fused-ring (bicyclic) bond motifs is 1. The third-order valence-electron chi connectivity index (χ3n) is 3.23. The summed E-state index contributed by atoms with van der Waals surface area (Å²) >= 11 is 0. The molecule has 0 saturated carbocycles. The van der Waals surface area contributed by atoms with E-state index in [4.69, 9.17) is 5.26 Å². The van der Waals surface area contributed by atoms with Crippen LogP contribution in [0.1, 0.15) is 22.8 Å². The van der Waals surface area contributed by atoms with Crippen LogP contribution in [0.25, 0.3) is 16.8 Å². The first-order valence-electron chi connectivity index (χ1n) is 6.29. The van der Waals surface area contributed by atoms with Crippen molar-refractivity contribution in [3.05, 3.63) is 59.5 Å². The van der Waals surface area contributed by atoms with E-state index in [2.05, 4.69) is 5.10 Å². The first-order chi connectivity index (χ1) is 10.1. The Balaban J connectivity index is 2.31. The molecule has 2 heterocycles. The predicted octanol–water partition coefficient (Wildman–Crippen LogP) is 3.21. The predicted molar refractivity (Wildman–Crippen MR) is 75.3 cm³/mol. The van der Waals surface area contributed by atoms with Crippen LogP contribution in [0.15, 0.2) is 42.6 Å². The van der Waals surface area contributed by atoms with Crippen LogP contribution in [0.3, 0.4) is 0 Å². The molecule has 0 atom stereocenters. The zero-order valence-electron chi connectivity index (χ0n) is 11.2. The fourth-order valence-electron chi connectivity index (χ4n) is 2.27. The third-order valence-corrected chi connectivity index (χ3v) is 3.23. The van der Waals surface area contributed by atoms with E-state index in [9.17, 15) is 9.18 Å². The summed E-state index contributed by atoms with van der Waals surface area (Å²) in [5.41, 5.74) is 2.68. The lowest BCUT2D eigenvalue weighted by atomic mass is 10.0. The summed E-state index contributed by atoms with van der Waals surface area (Å²) < 4.78 is 14.5. The molecule has 0 unspecified atom stereocenters. The van der Waals surface area contributed by atoms with Crippen LogP contribution in [0.4, 0.5) is 4.39 Å². The molecular weight excluding hydrogens is 269 g/mol. The van der Waals surface area contributed by atoms with Gasteiger partial charge in [-0.05, 0) is 43.3 Å².